The van der Waals surface area contributed by atoms with E-state index in [2.05, 4.69) is 0 Å². The van der Waals surface area contributed by atoms with Crippen LogP contribution in [-0.2, 0) is 9.59 Å². The van der Waals surface area contributed by atoms with Crippen LogP contribution in [0.1, 0.15) is 15.9 Å². The average Bonchev–Trinajstić information content (AvgIpc) is 3.22. The highest BCUT2D eigenvalue weighted by atomic mass is 35.5. The smallest absolute Gasteiger partial charge is 0.343 e. The Balaban J connectivity index is 1.45. The van der Waals surface area contributed by atoms with Gasteiger partial charge in [-0.1, -0.05) is 58.5 Å². The van der Waals surface area contributed by atoms with E-state index in [-0.39, 0.29) is 25.7 Å². The lowest BCUT2D eigenvalue weighted by Crippen LogP contribution is -2.29. The Kier molecular flexibility index (Phi) is 6.26. The third kappa shape index (κ3) is 4.25. The molecule has 0 N–H and O–H groups in total. The molecule has 0 bridgehead atoms. The summed E-state index contributed by atoms with van der Waals surface area (Å²) in [4.78, 5) is 36.9. The molecule has 4 rings (SSSR count). The van der Waals surface area contributed by atoms with Crippen LogP contribution in [0.4, 0.5) is 5.69 Å². The van der Waals surface area contributed by atoms with E-state index in [0.717, 1.165) is 10.5 Å². The Morgan fingerprint density at radius 3 is 1.81 bits per heavy atom. The summed E-state index contributed by atoms with van der Waals surface area (Å²) in [6, 6.07) is 12.6. The van der Waals surface area contributed by atoms with E-state index in [4.69, 9.17) is 51.1 Å². The van der Waals surface area contributed by atoms with Gasteiger partial charge in [-0.05, 0) is 48.0 Å². The lowest BCUT2D eigenvalue weighted by atomic mass is 10.1. The van der Waals surface area contributed by atoms with Crippen LogP contribution in [0.25, 0.3) is 6.08 Å². The maximum Gasteiger partial charge on any atom is 0.343 e. The average molecular weight is 507 g/mol. The molecule has 2 aromatic rings. The second-order valence-corrected chi connectivity index (χ2v) is 8.18. The van der Waals surface area contributed by atoms with Crippen LogP contribution in [0.2, 0.25) is 0 Å². The number of esters is 1. The zero-order valence-corrected chi connectivity index (χ0v) is 19.0. The minimum Gasteiger partial charge on any atom is -0.423 e. The van der Waals surface area contributed by atoms with Gasteiger partial charge in [-0.2, -0.15) is 0 Å². The van der Waals surface area contributed by atoms with Crippen molar-refractivity contribution >= 4 is 76.0 Å². The van der Waals surface area contributed by atoms with Gasteiger partial charge in [-0.3, -0.25) is 9.59 Å². The van der Waals surface area contributed by atoms with Crippen molar-refractivity contribution in [2.45, 2.75) is 0 Å². The molecule has 9 heteroatoms. The number of hydrogen-bond acceptors (Lipinski definition) is 4. The number of anilines is 1. The number of ether oxygens (including phenoxy) is 1. The third-order valence-electron chi connectivity index (χ3n) is 4.62. The van der Waals surface area contributed by atoms with Gasteiger partial charge < -0.3 is 4.74 Å². The predicted molar refractivity (Wildman–Crippen MR) is 125 cm³/mol. The van der Waals surface area contributed by atoms with Crippen LogP contribution in [0.3, 0.4) is 0 Å². The quantitative estimate of drug-likeness (QED) is 0.285. The molecule has 5 nitrogen and oxygen atoms in total. The molecule has 1 aliphatic carbocycles. The van der Waals surface area contributed by atoms with Crippen molar-refractivity contribution in [2.75, 3.05) is 4.90 Å². The molecule has 0 saturated heterocycles. The normalized spacial score (nSPS) is 15.9. The zero-order valence-electron chi connectivity index (χ0n) is 15.9. The standard InChI is InChI=1S/C23H11Cl4NO4/c24-19-16(20(25)22(27)21(19)26)11-12-1-7-15(8-2-12)32-23(31)13-3-5-14(6-4-13)28-17(29)9-10-18(28)30/h1-11H. The maximum absolute atomic E-state index is 12.4. The molecule has 0 radical (unpaired) electrons. The van der Waals surface area contributed by atoms with E-state index in [0.29, 0.717) is 17.0 Å². The van der Waals surface area contributed by atoms with Crippen LogP contribution in [-0.4, -0.2) is 17.8 Å². The highest BCUT2D eigenvalue weighted by Gasteiger charge is 2.26. The van der Waals surface area contributed by atoms with Crippen molar-refractivity contribution in [3.63, 3.8) is 0 Å². The molecule has 0 spiro atoms. The Labute approximate surface area is 202 Å². The monoisotopic (exact) mass is 505 g/mol. The van der Waals surface area contributed by atoms with Gasteiger partial charge in [-0.25, -0.2) is 9.69 Å². The Bertz CT molecular complexity index is 1230. The second kappa shape index (κ2) is 8.96. The molecular weight excluding hydrogens is 496 g/mol. The van der Waals surface area contributed by atoms with E-state index in [1.165, 1.54) is 36.4 Å². The SMILES string of the molecule is O=C(Oc1ccc(C=C2C(Cl)=C(Cl)C(Cl)=C2Cl)cc1)c1ccc(N2C(=O)C=CC2=O)cc1. The van der Waals surface area contributed by atoms with Gasteiger partial charge in [0.2, 0.25) is 0 Å². The van der Waals surface area contributed by atoms with Gasteiger partial charge in [0.1, 0.15) is 5.75 Å². The Morgan fingerprint density at radius 1 is 0.750 bits per heavy atom. The molecule has 0 saturated carbocycles. The second-order valence-electron chi connectivity index (χ2n) is 6.66. The zero-order chi connectivity index (χ0) is 23.0. The summed E-state index contributed by atoms with van der Waals surface area (Å²) in [6.45, 7) is 0. The van der Waals surface area contributed by atoms with Gasteiger partial charge in [0.15, 0.2) is 0 Å². The van der Waals surface area contributed by atoms with Crippen molar-refractivity contribution in [1.82, 2.24) is 0 Å². The summed E-state index contributed by atoms with van der Waals surface area (Å²) in [5.41, 5.74) is 1.87. The minimum absolute atomic E-state index is 0.191. The highest BCUT2D eigenvalue weighted by molar-refractivity contribution is 6.55. The molecule has 1 aliphatic heterocycles. The predicted octanol–water partition coefficient (Wildman–Crippen LogP) is 6.11. The highest BCUT2D eigenvalue weighted by Crippen LogP contribution is 2.45. The fourth-order valence-corrected chi connectivity index (χ4v) is 4.04. The number of hydrogen-bond donors (Lipinski definition) is 0. The molecule has 2 aromatic carbocycles. The first-order valence-corrected chi connectivity index (χ1v) is 10.6. The minimum atomic E-state index is -0.592. The van der Waals surface area contributed by atoms with Gasteiger partial charge in [0.05, 0.1) is 31.4 Å². The van der Waals surface area contributed by atoms with Gasteiger partial charge in [0, 0.05) is 17.7 Å². The van der Waals surface area contributed by atoms with Crippen molar-refractivity contribution < 1.29 is 19.1 Å². The van der Waals surface area contributed by atoms with Crippen LogP contribution in [0.15, 0.2) is 86.4 Å². The summed E-state index contributed by atoms with van der Waals surface area (Å²) in [6.07, 6.45) is 4.09. The van der Waals surface area contributed by atoms with Crippen LogP contribution in [0.5, 0.6) is 5.75 Å². The first kappa shape index (κ1) is 22.4. The van der Waals surface area contributed by atoms with Crippen LogP contribution < -0.4 is 9.64 Å². The summed E-state index contributed by atoms with van der Waals surface area (Å²) in [5, 5.41) is 0.897. The van der Waals surface area contributed by atoms with Gasteiger partial charge >= 0.3 is 5.97 Å². The summed E-state index contributed by atoms with van der Waals surface area (Å²) in [7, 11) is 0. The summed E-state index contributed by atoms with van der Waals surface area (Å²) < 4.78 is 5.38. The van der Waals surface area contributed by atoms with E-state index < -0.39 is 17.8 Å². The van der Waals surface area contributed by atoms with Gasteiger partial charge in [-0.15, -0.1) is 0 Å². The fraction of sp³-hybridized carbons (Fsp3) is 0. The molecule has 1 heterocycles. The number of allylic oxidation sites excluding steroid dienone is 5. The largest absolute Gasteiger partial charge is 0.423 e. The number of imide groups is 1. The van der Waals surface area contributed by atoms with E-state index >= 15 is 0 Å². The number of nitrogens with zero attached hydrogens (tertiary/aromatic N) is 1. The first-order chi connectivity index (χ1) is 15.3. The Morgan fingerprint density at radius 2 is 1.28 bits per heavy atom. The van der Waals surface area contributed by atoms with Crippen LogP contribution in [0, 0.1) is 0 Å². The molecule has 0 atom stereocenters. The number of halogens is 4. The first-order valence-electron chi connectivity index (χ1n) is 9.08. The van der Waals surface area contributed by atoms with Gasteiger partial charge in [0.25, 0.3) is 11.8 Å². The molecule has 0 unspecified atom stereocenters. The van der Waals surface area contributed by atoms with Crippen molar-refractivity contribution in [1.29, 1.82) is 0 Å². The van der Waals surface area contributed by atoms with Crippen LogP contribution >= 0.6 is 46.4 Å². The van der Waals surface area contributed by atoms with Crippen molar-refractivity contribution in [3.8, 4) is 5.75 Å². The van der Waals surface area contributed by atoms with Crippen molar-refractivity contribution in [3.05, 3.63) is 97.5 Å². The summed E-state index contributed by atoms with van der Waals surface area (Å²) >= 11 is 24.3. The number of benzene rings is 2. The number of amides is 2. The molecular formula is C23H11Cl4NO4. The van der Waals surface area contributed by atoms with Crippen molar-refractivity contribution in [2.24, 2.45) is 0 Å². The van der Waals surface area contributed by atoms with E-state index in [1.54, 1.807) is 30.3 Å². The topological polar surface area (TPSA) is 63.7 Å². The Hall–Kier alpha value is -2.83. The fourth-order valence-electron chi connectivity index (χ4n) is 3.02. The lowest BCUT2D eigenvalue weighted by molar-refractivity contribution is -0.119. The molecule has 2 amide bonds. The number of carbonyl (C=O) groups excluding carboxylic acids is 3. The van der Waals surface area contributed by atoms with E-state index in [1.807, 2.05) is 0 Å². The molecule has 0 fully saturated rings. The number of carbonyl (C=O) groups is 3. The molecule has 160 valence electrons. The molecule has 2 aliphatic rings. The summed E-state index contributed by atoms with van der Waals surface area (Å²) in [5.74, 6) is -1.14. The third-order valence-corrected chi connectivity index (χ3v) is 6.45. The molecule has 32 heavy (non-hydrogen) atoms. The maximum atomic E-state index is 12.4. The van der Waals surface area contributed by atoms with E-state index in [9.17, 15) is 14.4 Å². The molecule has 0 aromatic heterocycles. The lowest BCUT2D eigenvalue weighted by Gasteiger charge is -2.14. The number of rotatable bonds is 4.